The molecule has 1 atom stereocenters. The van der Waals surface area contributed by atoms with E-state index in [1.165, 1.54) is 5.56 Å². The van der Waals surface area contributed by atoms with Crippen LogP contribution in [0.15, 0.2) is 18.3 Å². The molecule has 1 saturated heterocycles. The van der Waals surface area contributed by atoms with Crippen LogP contribution in [-0.4, -0.2) is 38.2 Å². The second-order valence-corrected chi connectivity index (χ2v) is 9.33. The number of nitrogens with one attached hydrogen (secondary N) is 2. The second kappa shape index (κ2) is 7.59. The van der Waals surface area contributed by atoms with Gasteiger partial charge in [-0.05, 0) is 65.1 Å². The van der Waals surface area contributed by atoms with E-state index in [-0.39, 0.29) is 18.0 Å². The highest BCUT2D eigenvalue weighted by molar-refractivity contribution is 7.19. The first kappa shape index (κ1) is 19.4. The van der Waals surface area contributed by atoms with Crippen molar-refractivity contribution in [3.8, 4) is 21.8 Å². The van der Waals surface area contributed by atoms with Crippen LogP contribution >= 0.6 is 11.3 Å². The minimum atomic E-state index is -0.108. The van der Waals surface area contributed by atoms with E-state index in [4.69, 9.17) is 10.1 Å². The summed E-state index contributed by atoms with van der Waals surface area (Å²) < 4.78 is 2.10. The van der Waals surface area contributed by atoms with Gasteiger partial charge in [0.2, 0.25) is 5.91 Å². The number of rotatable bonds is 4. The van der Waals surface area contributed by atoms with Gasteiger partial charge in [0.05, 0.1) is 28.0 Å². The maximum absolute atomic E-state index is 12.5. The number of thiazole rings is 1. The number of carbonyl (C=O) groups is 1. The monoisotopic (exact) mass is 422 g/mol. The Morgan fingerprint density at radius 2 is 2.20 bits per heavy atom. The van der Waals surface area contributed by atoms with E-state index in [1.54, 1.807) is 11.3 Å². The van der Waals surface area contributed by atoms with Crippen molar-refractivity contribution in [2.24, 2.45) is 0 Å². The predicted molar refractivity (Wildman–Crippen MR) is 119 cm³/mol. The number of hydrogen-bond acceptors (Lipinski definition) is 6. The summed E-state index contributed by atoms with van der Waals surface area (Å²) in [6, 6.07) is 4.24. The Labute approximate surface area is 179 Å². The third-order valence-corrected chi connectivity index (χ3v) is 6.83. The fourth-order valence-corrected chi connectivity index (χ4v) is 5.34. The van der Waals surface area contributed by atoms with E-state index in [9.17, 15) is 4.79 Å². The SMILES string of the molecule is Cc1ccc(-c2nn(C(C)C)c3c2CCc2nc(NC(=O)[C@H]4CCCN4)sc2-3)cn1. The van der Waals surface area contributed by atoms with Gasteiger partial charge in [-0.2, -0.15) is 5.10 Å². The van der Waals surface area contributed by atoms with Crippen LogP contribution in [0.1, 0.15) is 49.7 Å². The van der Waals surface area contributed by atoms with Gasteiger partial charge in [0, 0.05) is 29.1 Å². The van der Waals surface area contributed by atoms with Gasteiger partial charge in [-0.3, -0.25) is 14.5 Å². The maximum Gasteiger partial charge on any atom is 0.243 e. The summed E-state index contributed by atoms with van der Waals surface area (Å²) in [7, 11) is 0. The average molecular weight is 423 g/mol. The molecule has 4 heterocycles. The molecule has 5 rings (SSSR count). The minimum Gasteiger partial charge on any atom is -0.306 e. The number of aryl methyl sites for hydroxylation is 2. The Kier molecular flexibility index (Phi) is 4.91. The first-order valence-electron chi connectivity index (χ1n) is 10.6. The van der Waals surface area contributed by atoms with Crippen LogP contribution < -0.4 is 10.6 Å². The molecule has 2 N–H and O–H groups in total. The van der Waals surface area contributed by atoms with Crippen LogP contribution in [0, 0.1) is 6.92 Å². The molecule has 30 heavy (non-hydrogen) atoms. The van der Waals surface area contributed by atoms with Gasteiger partial charge < -0.3 is 10.6 Å². The number of aromatic nitrogens is 4. The second-order valence-electron chi connectivity index (χ2n) is 8.34. The molecular formula is C22H26N6OS. The number of fused-ring (bicyclic) bond motifs is 3. The zero-order chi connectivity index (χ0) is 20.8. The lowest BCUT2D eigenvalue weighted by molar-refractivity contribution is -0.117. The molecule has 1 aliphatic carbocycles. The largest absolute Gasteiger partial charge is 0.306 e. The maximum atomic E-state index is 12.5. The molecule has 3 aromatic heterocycles. The van der Waals surface area contributed by atoms with E-state index >= 15 is 0 Å². The normalized spacial score (nSPS) is 17.8. The summed E-state index contributed by atoms with van der Waals surface area (Å²) in [5.74, 6) is 0.0163. The molecule has 0 radical (unpaired) electrons. The summed E-state index contributed by atoms with van der Waals surface area (Å²) in [5, 5.41) is 11.9. The smallest absolute Gasteiger partial charge is 0.243 e. The average Bonchev–Trinajstić information content (AvgIpc) is 3.46. The van der Waals surface area contributed by atoms with Gasteiger partial charge in [0.1, 0.15) is 0 Å². The van der Waals surface area contributed by atoms with Gasteiger partial charge >= 0.3 is 0 Å². The molecule has 0 spiro atoms. The molecule has 1 fully saturated rings. The molecule has 0 unspecified atom stereocenters. The third-order valence-electron chi connectivity index (χ3n) is 5.81. The first-order chi connectivity index (χ1) is 14.5. The fourth-order valence-electron chi connectivity index (χ4n) is 4.26. The minimum absolute atomic E-state index is 0.0163. The van der Waals surface area contributed by atoms with Crippen LogP contribution in [0.2, 0.25) is 0 Å². The zero-order valence-corrected chi connectivity index (χ0v) is 18.3. The van der Waals surface area contributed by atoms with E-state index in [1.807, 2.05) is 19.2 Å². The topological polar surface area (TPSA) is 84.7 Å². The van der Waals surface area contributed by atoms with Gasteiger partial charge in [0.25, 0.3) is 0 Å². The Hall–Kier alpha value is -2.58. The van der Waals surface area contributed by atoms with E-state index in [0.717, 1.165) is 65.4 Å². The number of pyridine rings is 1. The fraction of sp³-hybridized carbons (Fsp3) is 0.455. The lowest BCUT2D eigenvalue weighted by atomic mass is 9.95. The Morgan fingerprint density at radius 1 is 1.33 bits per heavy atom. The molecule has 0 saturated carbocycles. The van der Waals surface area contributed by atoms with Crippen molar-refractivity contribution in [1.82, 2.24) is 25.1 Å². The zero-order valence-electron chi connectivity index (χ0n) is 17.5. The standard InChI is InChI=1S/C22H26N6OS/c1-12(2)28-19-15(18(27-28)14-7-6-13(3)24-11-14)8-9-16-20(19)30-22(25-16)26-21(29)17-5-4-10-23-17/h6-7,11-12,17,23H,4-5,8-10H2,1-3H3,(H,25,26,29)/t17-/m1/s1. The molecular weight excluding hydrogens is 396 g/mol. The first-order valence-corrected chi connectivity index (χ1v) is 11.4. The summed E-state index contributed by atoms with van der Waals surface area (Å²) in [5.41, 5.74) is 6.49. The molecule has 0 aromatic carbocycles. The number of amides is 1. The van der Waals surface area contributed by atoms with Crippen LogP contribution in [0.4, 0.5) is 5.13 Å². The lowest BCUT2D eigenvalue weighted by Crippen LogP contribution is -2.35. The highest BCUT2D eigenvalue weighted by Gasteiger charge is 2.31. The van der Waals surface area contributed by atoms with Crippen molar-refractivity contribution in [1.29, 1.82) is 0 Å². The van der Waals surface area contributed by atoms with E-state index < -0.39 is 0 Å². The van der Waals surface area contributed by atoms with Crippen molar-refractivity contribution >= 4 is 22.4 Å². The quantitative estimate of drug-likeness (QED) is 0.669. The van der Waals surface area contributed by atoms with Gasteiger partial charge in [-0.15, -0.1) is 0 Å². The third kappa shape index (κ3) is 3.33. The number of nitrogens with zero attached hydrogens (tertiary/aromatic N) is 4. The van der Waals surface area contributed by atoms with Crippen LogP contribution in [0.25, 0.3) is 21.8 Å². The molecule has 7 nitrogen and oxygen atoms in total. The highest BCUT2D eigenvalue weighted by Crippen LogP contribution is 2.44. The van der Waals surface area contributed by atoms with E-state index in [0.29, 0.717) is 5.13 Å². The van der Waals surface area contributed by atoms with Gasteiger partial charge in [-0.1, -0.05) is 11.3 Å². The number of anilines is 1. The van der Waals surface area contributed by atoms with Crippen molar-refractivity contribution < 1.29 is 4.79 Å². The van der Waals surface area contributed by atoms with Crippen LogP contribution in [0.3, 0.4) is 0 Å². The lowest BCUT2D eigenvalue weighted by Gasteiger charge is -2.15. The number of hydrogen-bond donors (Lipinski definition) is 2. The molecule has 0 bridgehead atoms. The molecule has 2 aliphatic rings. The van der Waals surface area contributed by atoms with Crippen molar-refractivity contribution in [3.05, 3.63) is 35.3 Å². The summed E-state index contributed by atoms with van der Waals surface area (Å²) in [6.45, 7) is 7.19. The van der Waals surface area contributed by atoms with Gasteiger partial charge in [-0.25, -0.2) is 4.98 Å². The predicted octanol–water partition coefficient (Wildman–Crippen LogP) is 3.75. The molecule has 156 valence electrons. The molecule has 1 aliphatic heterocycles. The highest BCUT2D eigenvalue weighted by atomic mass is 32.1. The van der Waals surface area contributed by atoms with Crippen LogP contribution in [-0.2, 0) is 17.6 Å². The molecule has 1 amide bonds. The summed E-state index contributed by atoms with van der Waals surface area (Å²) in [6.07, 6.45) is 5.58. The summed E-state index contributed by atoms with van der Waals surface area (Å²) >= 11 is 1.56. The van der Waals surface area contributed by atoms with Crippen LogP contribution in [0.5, 0.6) is 0 Å². The molecule has 3 aromatic rings. The van der Waals surface area contributed by atoms with Gasteiger partial charge in [0.15, 0.2) is 5.13 Å². The number of carbonyl (C=O) groups excluding carboxylic acids is 1. The molecule has 8 heteroatoms. The Bertz CT molecular complexity index is 1090. The summed E-state index contributed by atoms with van der Waals surface area (Å²) in [4.78, 5) is 22.9. The van der Waals surface area contributed by atoms with Crippen molar-refractivity contribution in [2.75, 3.05) is 11.9 Å². The van der Waals surface area contributed by atoms with E-state index in [2.05, 4.69) is 40.2 Å². The van der Waals surface area contributed by atoms with Crippen molar-refractivity contribution in [2.45, 2.75) is 58.5 Å². The Balaban J connectivity index is 1.54. The van der Waals surface area contributed by atoms with Crippen molar-refractivity contribution in [3.63, 3.8) is 0 Å². The Morgan fingerprint density at radius 3 is 2.90 bits per heavy atom.